The maximum absolute atomic E-state index is 12.2. The van der Waals surface area contributed by atoms with Gasteiger partial charge in [-0.15, -0.1) is 0 Å². The first-order chi connectivity index (χ1) is 11.6. The zero-order valence-electron chi connectivity index (χ0n) is 14.3. The largest absolute Gasteiger partial charge is 0.442 e. The molecule has 2 atom stereocenters. The molecule has 23 heavy (non-hydrogen) atoms. The van der Waals surface area contributed by atoms with E-state index in [1.54, 1.807) is 0 Å². The molecule has 0 bridgehead atoms. The van der Waals surface area contributed by atoms with Crippen molar-refractivity contribution >= 4 is 17.9 Å². The number of carbonyl (C=O) groups is 3. The minimum atomic E-state index is -0.626. The van der Waals surface area contributed by atoms with E-state index in [4.69, 9.17) is 6.15 Å². The zero-order valence-corrected chi connectivity index (χ0v) is 13.3. The van der Waals surface area contributed by atoms with Gasteiger partial charge in [0.2, 0.25) is 11.8 Å². The predicted octanol–water partition coefficient (Wildman–Crippen LogP) is 1.08. The fourth-order valence-corrected chi connectivity index (χ4v) is 2.99. The number of nitrogens with zero attached hydrogens (tertiary/aromatic N) is 1. The lowest BCUT2D eigenvalue weighted by atomic mass is 10.0. The van der Waals surface area contributed by atoms with Crippen molar-refractivity contribution in [2.24, 2.45) is 5.73 Å². The van der Waals surface area contributed by atoms with Gasteiger partial charge in [-0.3, -0.25) is 9.59 Å². The van der Waals surface area contributed by atoms with Gasteiger partial charge in [0.25, 0.3) is 0 Å². The van der Waals surface area contributed by atoms with Gasteiger partial charge in [0.05, 0.1) is 0 Å². The predicted molar refractivity (Wildman–Crippen MR) is 84.4 cm³/mol. The van der Waals surface area contributed by atoms with Crippen molar-refractivity contribution in [1.82, 2.24) is 10.2 Å². The molecule has 1 aliphatic carbocycles. The Morgan fingerprint density at radius 3 is 2.96 bits per heavy atom. The Bertz CT molecular complexity index is 498. The molecule has 3 amide bonds. The first kappa shape index (κ1) is 15.8. The molecule has 1 fully saturated rings. The first-order valence-corrected chi connectivity index (χ1v) is 8.24. The number of hydrogen-bond donors (Lipinski definition) is 2. The number of carbonyl (C=O) groups excluding carboxylic acids is 3. The van der Waals surface area contributed by atoms with Crippen LogP contribution in [0, 0.1) is 0 Å². The van der Waals surface area contributed by atoms with Crippen LogP contribution in [0.4, 0.5) is 4.79 Å². The fraction of sp³-hybridized carbons (Fsp3) is 0.688. The van der Waals surface area contributed by atoms with Crippen molar-refractivity contribution in [2.45, 2.75) is 57.1 Å². The molecular weight excluding hydrogens is 298 g/mol. The van der Waals surface area contributed by atoms with Crippen LogP contribution in [0.3, 0.4) is 0 Å². The van der Waals surface area contributed by atoms with Gasteiger partial charge < -0.3 is 20.7 Å². The molecule has 2 aliphatic rings. The third-order valence-corrected chi connectivity index (χ3v) is 4.23. The van der Waals surface area contributed by atoms with Crippen LogP contribution < -0.4 is 11.0 Å². The highest BCUT2D eigenvalue weighted by molar-refractivity contribution is 5.89. The standard InChI is InChI=1S/C16H25N3O4/c17-15(21)13-9-6-10-19(13)14(20)11-18-16(22)23-12-7-4-2-1-3-5-8-12/h4,7,12-13H,1-3,5-6,8-11H2,(H2,17,21)(H,18,22)/b7-4+/i/hD. The van der Waals surface area contributed by atoms with Crippen molar-refractivity contribution in [2.75, 3.05) is 13.1 Å². The Labute approximate surface area is 137 Å². The van der Waals surface area contributed by atoms with Crippen molar-refractivity contribution in [3.05, 3.63) is 12.2 Å². The third-order valence-electron chi connectivity index (χ3n) is 4.23. The first-order valence-electron chi connectivity index (χ1n) is 8.74. The molecule has 7 heteroatoms. The molecule has 0 aromatic rings. The molecule has 0 aromatic carbocycles. The van der Waals surface area contributed by atoms with Crippen LogP contribution in [-0.4, -0.2) is 48.0 Å². The summed E-state index contributed by atoms with van der Waals surface area (Å²) in [6.45, 7) is 0.246. The highest BCUT2D eigenvalue weighted by Gasteiger charge is 2.32. The Morgan fingerprint density at radius 2 is 2.13 bits per heavy atom. The quantitative estimate of drug-likeness (QED) is 0.755. The SMILES string of the molecule is [2H]NC(=O)C1CCCN1C(=O)CNC(=O)OC1/C=C/CCCCC1. The topological polar surface area (TPSA) is 102 Å². The minimum absolute atomic E-state index is 0.211. The summed E-state index contributed by atoms with van der Waals surface area (Å²) in [5.74, 6) is -0.839. The summed E-state index contributed by atoms with van der Waals surface area (Å²) in [4.78, 5) is 37.0. The summed E-state index contributed by atoms with van der Waals surface area (Å²) in [6.07, 6.45) is 9.36. The van der Waals surface area contributed by atoms with Crippen LogP contribution in [0.25, 0.3) is 0 Å². The molecule has 2 rings (SSSR count). The lowest BCUT2D eigenvalue weighted by molar-refractivity contribution is -0.136. The molecule has 3 N–H and O–H groups in total. The monoisotopic (exact) mass is 324 g/mol. The Morgan fingerprint density at radius 1 is 1.26 bits per heavy atom. The van der Waals surface area contributed by atoms with E-state index in [1.165, 1.54) is 4.90 Å². The number of allylic oxidation sites excluding steroid dienone is 1. The van der Waals surface area contributed by atoms with E-state index in [2.05, 4.69) is 5.32 Å². The molecule has 0 spiro atoms. The van der Waals surface area contributed by atoms with E-state index in [-0.39, 0.29) is 18.6 Å². The number of alkyl carbamates (subject to hydrolysis) is 1. The number of primary amides is 1. The van der Waals surface area contributed by atoms with Crippen LogP contribution in [0.1, 0.15) is 44.9 Å². The number of nitrogens with one attached hydrogen (secondary N) is 1. The highest BCUT2D eigenvalue weighted by atomic mass is 16.6. The second-order valence-corrected chi connectivity index (χ2v) is 5.97. The fourth-order valence-electron chi connectivity index (χ4n) is 2.99. The summed E-state index contributed by atoms with van der Waals surface area (Å²) in [5, 5.41) is 2.46. The number of hydrogen-bond acceptors (Lipinski definition) is 4. The molecule has 128 valence electrons. The van der Waals surface area contributed by atoms with E-state index in [9.17, 15) is 14.4 Å². The van der Waals surface area contributed by atoms with Gasteiger partial charge in [-0.05, 0) is 44.6 Å². The lowest BCUT2D eigenvalue weighted by Crippen LogP contribution is -2.47. The van der Waals surface area contributed by atoms with Crippen molar-refractivity contribution in [1.29, 1.82) is 0 Å². The second-order valence-electron chi connectivity index (χ2n) is 5.97. The van der Waals surface area contributed by atoms with Crippen LogP contribution in [0.15, 0.2) is 12.2 Å². The number of rotatable bonds is 4. The number of amides is 3. The molecule has 7 nitrogen and oxygen atoms in total. The zero-order chi connectivity index (χ0) is 17.4. The summed E-state index contributed by atoms with van der Waals surface area (Å²) in [7, 11) is 0. The van der Waals surface area contributed by atoms with E-state index < -0.39 is 18.0 Å². The molecule has 0 radical (unpaired) electrons. The van der Waals surface area contributed by atoms with Gasteiger partial charge in [0, 0.05) is 6.54 Å². The Balaban J connectivity index is 1.77. The molecule has 0 aromatic heterocycles. The Kier molecular flexibility index (Phi) is 5.88. The molecule has 0 saturated carbocycles. The summed E-state index contributed by atoms with van der Waals surface area (Å²) in [6, 6.07) is -0.624. The number of ether oxygens (including phenoxy) is 1. The molecule has 1 aliphatic heterocycles. The lowest BCUT2D eigenvalue weighted by Gasteiger charge is -2.22. The molecule has 1 heterocycles. The van der Waals surface area contributed by atoms with Crippen LogP contribution in [-0.2, 0) is 14.3 Å². The molecular formula is C16H25N3O4. The number of likely N-dealkylation sites (tertiary alicyclic amines) is 1. The van der Waals surface area contributed by atoms with Crippen molar-refractivity contribution in [3.63, 3.8) is 0 Å². The van der Waals surface area contributed by atoms with E-state index in [0.29, 0.717) is 19.4 Å². The van der Waals surface area contributed by atoms with Gasteiger partial charge in [0.15, 0.2) is 1.41 Å². The van der Waals surface area contributed by atoms with Gasteiger partial charge >= 0.3 is 6.09 Å². The number of nitrogens with two attached hydrogens (primary N) is 1. The van der Waals surface area contributed by atoms with Gasteiger partial charge in [-0.25, -0.2) is 4.79 Å². The van der Waals surface area contributed by atoms with Crippen molar-refractivity contribution in [3.8, 4) is 0 Å². The summed E-state index contributed by atoms with van der Waals surface area (Å²) in [5.41, 5.74) is 1.82. The van der Waals surface area contributed by atoms with Crippen LogP contribution in [0.5, 0.6) is 0 Å². The van der Waals surface area contributed by atoms with Crippen LogP contribution in [0.2, 0.25) is 1.41 Å². The maximum atomic E-state index is 12.2. The average Bonchev–Trinajstić information content (AvgIpc) is 3.04. The van der Waals surface area contributed by atoms with Crippen molar-refractivity contribution < 1.29 is 20.5 Å². The van der Waals surface area contributed by atoms with E-state index in [0.717, 1.165) is 32.1 Å². The van der Waals surface area contributed by atoms with E-state index >= 15 is 0 Å². The second kappa shape index (κ2) is 8.55. The minimum Gasteiger partial charge on any atom is -0.442 e. The average molecular weight is 324 g/mol. The molecule has 2 unspecified atom stereocenters. The van der Waals surface area contributed by atoms with Gasteiger partial charge in [-0.1, -0.05) is 12.5 Å². The Hall–Kier alpha value is -2.05. The van der Waals surface area contributed by atoms with E-state index in [1.807, 2.05) is 17.9 Å². The van der Waals surface area contributed by atoms with Gasteiger partial charge in [-0.2, -0.15) is 0 Å². The highest BCUT2D eigenvalue weighted by Crippen LogP contribution is 2.17. The summed E-state index contributed by atoms with van der Waals surface area (Å²) < 4.78 is 12.2. The normalized spacial score (nSPS) is 26.4. The van der Waals surface area contributed by atoms with Crippen LogP contribution >= 0.6 is 0 Å². The summed E-state index contributed by atoms with van der Waals surface area (Å²) >= 11 is 0. The molecule has 1 saturated heterocycles. The third kappa shape index (κ3) is 5.26. The maximum Gasteiger partial charge on any atom is 0.408 e. The van der Waals surface area contributed by atoms with Gasteiger partial charge in [0.1, 0.15) is 18.7 Å². The smallest absolute Gasteiger partial charge is 0.408 e.